The molecule has 3 aromatic carbocycles. The highest BCUT2D eigenvalue weighted by molar-refractivity contribution is 7.89. The molecular weight excluding hydrogens is 478 g/mol. The van der Waals surface area contributed by atoms with Gasteiger partial charge < -0.3 is 9.84 Å². The summed E-state index contributed by atoms with van der Waals surface area (Å²) < 4.78 is 34.3. The van der Waals surface area contributed by atoms with Gasteiger partial charge in [-0.25, -0.2) is 8.42 Å². The molecule has 1 N–H and O–H groups in total. The normalized spacial score (nSPS) is 17.9. The lowest BCUT2D eigenvalue weighted by Gasteiger charge is -2.24. The van der Waals surface area contributed by atoms with Gasteiger partial charge in [0, 0.05) is 18.0 Å². The van der Waals surface area contributed by atoms with Crippen LogP contribution in [0.2, 0.25) is 0 Å². The Morgan fingerprint density at radius 2 is 1.72 bits per heavy atom. The first-order chi connectivity index (χ1) is 17.1. The molecule has 1 unspecified atom stereocenters. The third kappa shape index (κ3) is 5.34. The lowest BCUT2D eigenvalue weighted by Crippen LogP contribution is -2.35. The van der Waals surface area contributed by atoms with Gasteiger partial charge in [0.25, 0.3) is 0 Å². The van der Waals surface area contributed by atoms with Gasteiger partial charge in [-0.05, 0) is 55.2 Å². The molecule has 0 aliphatic carbocycles. The fourth-order valence-electron chi connectivity index (χ4n) is 4.51. The van der Waals surface area contributed by atoms with Gasteiger partial charge in [-0.1, -0.05) is 54.6 Å². The average Bonchev–Trinajstić information content (AvgIpc) is 2.92. The van der Waals surface area contributed by atoms with Crippen molar-refractivity contribution >= 4 is 21.8 Å². The number of hydrogen-bond donors (Lipinski definition) is 1. The maximum atomic E-state index is 13.5. The van der Waals surface area contributed by atoms with Gasteiger partial charge in [0.2, 0.25) is 10.0 Å². The van der Waals surface area contributed by atoms with E-state index in [4.69, 9.17) is 4.74 Å². The van der Waals surface area contributed by atoms with Gasteiger partial charge in [-0.3, -0.25) is 9.59 Å². The van der Waals surface area contributed by atoms with E-state index >= 15 is 0 Å². The number of hydrogen-bond acceptors (Lipinski definition) is 5. The van der Waals surface area contributed by atoms with Crippen molar-refractivity contribution in [3.8, 4) is 5.75 Å². The SMILES string of the molecule is CC(=O)c1ccc(C(CC(=O)O)c2ccc(C)c(CN3C[C@@H](C)Oc4ccccc4S3(=O)=O)c2)cc1. The number of carbonyl (C=O) groups excluding carboxylic acids is 1. The van der Waals surface area contributed by atoms with E-state index in [1.807, 2.05) is 32.0 Å². The number of nitrogens with zero attached hydrogens (tertiary/aromatic N) is 1. The molecule has 0 fully saturated rings. The van der Waals surface area contributed by atoms with Crippen LogP contribution in [0.1, 0.15) is 58.8 Å². The van der Waals surface area contributed by atoms with E-state index in [0.717, 1.165) is 22.3 Å². The molecule has 0 saturated heterocycles. The van der Waals surface area contributed by atoms with Crippen molar-refractivity contribution in [2.45, 2.75) is 50.7 Å². The number of fused-ring (bicyclic) bond motifs is 1. The molecule has 0 aromatic heterocycles. The number of para-hydroxylation sites is 1. The van der Waals surface area contributed by atoms with Gasteiger partial charge in [-0.2, -0.15) is 4.31 Å². The Morgan fingerprint density at radius 1 is 1.06 bits per heavy atom. The highest BCUT2D eigenvalue weighted by Crippen LogP contribution is 2.34. The fourth-order valence-corrected chi connectivity index (χ4v) is 6.12. The number of aliphatic carboxylic acids is 1. The molecule has 3 aromatic rings. The van der Waals surface area contributed by atoms with Gasteiger partial charge in [0.1, 0.15) is 16.7 Å². The standard InChI is InChI=1S/C28H29NO6S/c1-18-8-9-23(25(15-28(31)32)22-12-10-21(11-13-22)20(3)30)14-24(18)17-29-16-19(2)35-26-6-4-5-7-27(26)36(29,33)34/h4-14,19,25H,15-17H2,1-3H3,(H,31,32)/t19-,25?/m1/s1. The van der Waals surface area contributed by atoms with Crippen LogP contribution in [-0.4, -0.2) is 42.2 Å². The molecule has 1 aliphatic rings. The summed E-state index contributed by atoms with van der Waals surface area (Å²) in [7, 11) is -3.80. The van der Waals surface area contributed by atoms with Crippen LogP contribution in [-0.2, 0) is 21.4 Å². The summed E-state index contributed by atoms with van der Waals surface area (Å²) in [5.41, 5.74) is 3.79. The molecule has 0 bridgehead atoms. The second kappa shape index (κ2) is 10.2. The number of benzene rings is 3. The number of ether oxygens (including phenoxy) is 1. The molecule has 1 heterocycles. The van der Waals surface area contributed by atoms with E-state index in [1.54, 1.807) is 48.5 Å². The molecule has 0 radical (unpaired) electrons. The zero-order chi connectivity index (χ0) is 26.0. The topological polar surface area (TPSA) is 101 Å². The van der Waals surface area contributed by atoms with Crippen LogP contribution >= 0.6 is 0 Å². The molecule has 0 amide bonds. The van der Waals surface area contributed by atoms with Crippen LogP contribution in [0, 0.1) is 6.92 Å². The van der Waals surface area contributed by atoms with Gasteiger partial charge in [-0.15, -0.1) is 0 Å². The van der Waals surface area contributed by atoms with E-state index in [1.165, 1.54) is 11.2 Å². The van der Waals surface area contributed by atoms with Gasteiger partial charge in [0.15, 0.2) is 5.78 Å². The second-order valence-electron chi connectivity index (χ2n) is 9.19. The van der Waals surface area contributed by atoms with Crippen LogP contribution in [0.5, 0.6) is 5.75 Å². The Kier molecular flexibility index (Phi) is 7.28. The van der Waals surface area contributed by atoms with Crippen molar-refractivity contribution in [2.75, 3.05) is 6.54 Å². The van der Waals surface area contributed by atoms with E-state index in [2.05, 4.69) is 0 Å². The van der Waals surface area contributed by atoms with Crippen molar-refractivity contribution < 1.29 is 27.9 Å². The minimum Gasteiger partial charge on any atom is -0.488 e. The second-order valence-corrected chi connectivity index (χ2v) is 11.1. The highest BCUT2D eigenvalue weighted by atomic mass is 32.2. The first-order valence-electron chi connectivity index (χ1n) is 11.7. The molecule has 8 heteroatoms. The zero-order valence-corrected chi connectivity index (χ0v) is 21.3. The van der Waals surface area contributed by atoms with Crippen molar-refractivity contribution in [1.82, 2.24) is 4.31 Å². The quantitative estimate of drug-likeness (QED) is 0.462. The first kappa shape index (κ1) is 25.6. The van der Waals surface area contributed by atoms with E-state index in [-0.39, 0.29) is 36.3 Å². The summed E-state index contributed by atoms with van der Waals surface area (Å²) in [4.78, 5) is 23.5. The minimum absolute atomic E-state index is 0.0626. The molecule has 0 spiro atoms. The van der Waals surface area contributed by atoms with Crippen molar-refractivity contribution in [3.05, 3.63) is 94.5 Å². The number of sulfonamides is 1. The Hall–Kier alpha value is -3.49. The Balaban J connectivity index is 1.71. The number of ketones is 1. The molecular formula is C28H29NO6S. The maximum absolute atomic E-state index is 13.5. The summed E-state index contributed by atoms with van der Waals surface area (Å²) in [6, 6.07) is 19.2. The van der Waals surface area contributed by atoms with E-state index < -0.39 is 21.9 Å². The molecule has 4 rings (SSSR count). The van der Waals surface area contributed by atoms with E-state index in [0.29, 0.717) is 11.3 Å². The number of carboxylic acid groups (broad SMARTS) is 1. The van der Waals surface area contributed by atoms with E-state index in [9.17, 15) is 23.1 Å². The zero-order valence-electron chi connectivity index (χ0n) is 20.5. The summed E-state index contributed by atoms with van der Waals surface area (Å²) in [6.45, 7) is 5.54. The predicted octanol–water partition coefficient (Wildman–Crippen LogP) is 4.78. The number of Topliss-reactive ketones (excluding diaryl/α,β-unsaturated/α-hetero) is 1. The Labute approximate surface area is 211 Å². The van der Waals surface area contributed by atoms with Crippen LogP contribution < -0.4 is 4.74 Å². The minimum atomic E-state index is -3.80. The number of carbonyl (C=O) groups is 2. The Bertz CT molecular complexity index is 1400. The van der Waals surface area contributed by atoms with Crippen LogP contribution in [0.4, 0.5) is 0 Å². The number of rotatable bonds is 7. The molecule has 0 saturated carbocycles. The summed E-state index contributed by atoms with van der Waals surface area (Å²) in [5.74, 6) is -1.12. The maximum Gasteiger partial charge on any atom is 0.304 e. The van der Waals surface area contributed by atoms with Crippen molar-refractivity contribution in [2.24, 2.45) is 0 Å². The van der Waals surface area contributed by atoms with Gasteiger partial charge in [0.05, 0.1) is 13.0 Å². The monoisotopic (exact) mass is 507 g/mol. The molecule has 1 aliphatic heterocycles. The van der Waals surface area contributed by atoms with Gasteiger partial charge >= 0.3 is 5.97 Å². The number of aryl methyl sites for hydroxylation is 1. The number of carboxylic acids is 1. The van der Waals surface area contributed by atoms with Crippen LogP contribution in [0.15, 0.2) is 71.6 Å². The molecule has 7 nitrogen and oxygen atoms in total. The third-order valence-corrected chi connectivity index (χ3v) is 8.33. The molecule has 2 atom stereocenters. The summed E-state index contributed by atoms with van der Waals surface area (Å²) in [5, 5.41) is 9.60. The molecule has 188 valence electrons. The lowest BCUT2D eigenvalue weighted by molar-refractivity contribution is -0.137. The first-order valence-corrected chi connectivity index (χ1v) is 13.2. The summed E-state index contributed by atoms with van der Waals surface area (Å²) in [6.07, 6.45) is -0.478. The largest absolute Gasteiger partial charge is 0.488 e. The summed E-state index contributed by atoms with van der Waals surface area (Å²) >= 11 is 0. The predicted molar refractivity (Wildman–Crippen MR) is 136 cm³/mol. The average molecular weight is 508 g/mol. The smallest absolute Gasteiger partial charge is 0.304 e. The Morgan fingerprint density at radius 3 is 2.39 bits per heavy atom. The van der Waals surface area contributed by atoms with Crippen molar-refractivity contribution in [1.29, 1.82) is 0 Å². The van der Waals surface area contributed by atoms with Crippen LogP contribution in [0.3, 0.4) is 0 Å². The highest BCUT2D eigenvalue weighted by Gasteiger charge is 2.33. The molecule has 36 heavy (non-hydrogen) atoms. The third-order valence-electron chi connectivity index (χ3n) is 6.48. The van der Waals surface area contributed by atoms with Crippen molar-refractivity contribution in [3.63, 3.8) is 0 Å². The lowest BCUT2D eigenvalue weighted by atomic mass is 9.86. The van der Waals surface area contributed by atoms with Crippen LogP contribution in [0.25, 0.3) is 0 Å². The fraction of sp³-hybridized carbons (Fsp3) is 0.286.